The fourth-order valence-electron chi connectivity index (χ4n) is 1.89. The second kappa shape index (κ2) is 6.50. The number of benzene rings is 1. The maximum atomic E-state index is 12.2. The molecule has 0 bridgehead atoms. The van der Waals surface area contributed by atoms with Gasteiger partial charge in [0.15, 0.2) is 0 Å². The van der Waals surface area contributed by atoms with Gasteiger partial charge in [-0.3, -0.25) is 4.79 Å². The quantitative estimate of drug-likeness (QED) is 0.881. The first-order valence-electron chi connectivity index (χ1n) is 6.27. The molecule has 0 saturated carbocycles. The van der Waals surface area contributed by atoms with E-state index in [0.29, 0.717) is 6.42 Å². The van der Waals surface area contributed by atoms with Crippen LogP contribution in [0.1, 0.15) is 23.0 Å². The molecule has 0 aliphatic heterocycles. The van der Waals surface area contributed by atoms with E-state index in [9.17, 15) is 4.79 Å². The summed E-state index contributed by atoms with van der Waals surface area (Å²) in [6, 6.07) is 11.8. The minimum atomic E-state index is -0.0743. The number of carbonyl (C=O) groups is 1. The van der Waals surface area contributed by atoms with Crippen LogP contribution < -0.4 is 5.32 Å². The van der Waals surface area contributed by atoms with Crippen LogP contribution in [0.25, 0.3) is 11.1 Å². The minimum Gasteiger partial charge on any atom is -0.396 e. The van der Waals surface area contributed by atoms with Crippen LogP contribution >= 0.6 is 11.3 Å². The van der Waals surface area contributed by atoms with E-state index in [4.69, 9.17) is 5.11 Å². The van der Waals surface area contributed by atoms with Crippen LogP contribution in [0.15, 0.2) is 41.8 Å². The van der Waals surface area contributed by atoms with Gasteiger partial charge in [0.2, 0.25) is 0 Å². The number of hydrogen-bond donors (Lipinski definition) is 2. The molecule has 0 saturated heterocycles. The molecule has 4 heteroatoms. The molecule has 0 fully saturated rings. The molecular weight excluding hydrogens is 258 g/mol. The lowest BCUT2D eigenvalue weighted by atomic mass is 10.1. The van der Waals surface area contributed by atoms with E-state index in [1.807, 2.05) is 48.7 Å². The summed E-state index contributed by atoms with van der Waals surface area (Å²) in [5.74, 6) is -0.0743. The number of aliphatic hydroxyl groups excluding tert-OH is 1. The summed E-state index contributed by atoms with van der Waals surface area (Å²) in [5.41, 5.74) is 2.00. The van der Waals surface area contributed by atoms with Gasteiger partial charge in [0.1, 0.15) is 0 Å². The maximum absolute atomic E-state index is 12.2. The van der Waals surface area contributed by atoms with Gasteiger partial charge in [0.05, 0.1) is 4.88 Å². The molecule has 1 unspecified atom stereocenters. The number of nitrogens with one attached hydrogen (secondary N) is 1. The van der Waals surface area contributed by atoms with Crippen LogP contribution in [0.3, 0.4) is 0 Å². The average molecular weight is 275 g/mol. The summed E-state index contributed by atoms with van der Waals surface area (Å²) in [7, 11) is 0. The van der Waals surface area contributed by atoms with E-state index in [1.54, 1.807) is 0 Å². The predicted molar refractivity (Wildman–Crippen MR) is 78.4 cm³/mol. The molecule has 1 atom stereocenters. The fourth-order valence-corrected chi connectivity index (χ4v) is 2.70. The molecule has 0 aliphatic rings. The summed E-state index contributed by atoms with van der Waals surface area (Å²) in [5, 5.41) is 13.7. The van der Waals surface area contributed by atoms with Crippen LogP contribution in [0.2, 0.25) is 0 Å². The predicted octanol–water partition coefficient (Wildman–Crippen LogP) is 2.92. The van der Waals surface area contributed by atoms with E-state index >= 15 is 0 Å². The van der Waals surface area contributed by atoms with Crippen LogP contribution in [-0.4, -0.2) is 23.7 Å². The number of rotatable bonds is 5. The highest BCUT2D eigenvalue weighted by Gasteiger charge is 2.16. The van der Waals surface area contributed by atoms with E-state index in [2.05, 4.69) is 5.32 Å². The normalized spacial score (nSPS) is 12.1. The van der Waals surface area contributed by atoms with Gasteiger partial charge in [-0.15, -0.1) is 11.3 Å². The van der Waals surface area contributed by atoms with Gasteiger partial charge in [0.25, 0.3) is 5.91 Å². The second-order valence-electron chi connectivity index (χ2n) is 4.42. The molecule has 1 amide bonds. The second-order valence-corrected chi connectivity index (χ2v) is 5.33. The van der Waals surface area contributed by atoms with Gasteiger partial charge in [-0.2, -0.15) is 0 Å². The van der Waals surface area contributed by atoms with Crippen LogP contribution in [-0.2, 0) is 0 Å². The van der Waals surface area contributed by atoms with E-state index in [-0.39, 0.29) is 18.6 Å². The van der Waals surface area contributed by atoms with Crippen molar-refractivity contribution < 1.29 is 9.90 Å². The Balaban J connectivity index is 2.18. The van der Waals surface area contributed by atoms with Crippen molar-refractivity contribution in [3.63, 3.8) is 0 Å². The molecule has 19 heavy (non-hydrogen) atoms. The summed E-state index contributed by atoms with van der Waals surface area (Å²) in [4.78, 5) is 12.9. The third kappa shape index (κ3) is 3.43. The lowest BCUT2D eigenvalue weighted by Crippen LogP contribution is -2.32. The van der Waals surface area contributed by atoms with Crippen molar-refractivity contribution in [3.05, 3.63) is 46.7 Å². The van der Waals surface area contributed by atoms with Crippen LogP contribution in [0.4, 0.5) is 0 Å². The lowest BCUT2D eigenvalue weighted by molar-refractivity contribution is 0.0939. The maximum Gasteiger partial charge on any atom is 0.262 e. The van der Waals surface area contributed by atoms with E-state index in [0.717, 1.165) is 16.0 Å². The van der Waals surface area contributed by atoms with Crippen molar-refractivity contribution in [2.75, 3.05) is 6.61 Å². The van der Waals surface area contributed by atoms with Crippen molar-refractivity contribution in [2.24, 2.45) is 0 Å². The molecule has 2 aromatic rings. The first kappa shape index (κ1) is 13.8. The summed E-state index contributed by atoms with van der Waals surface area (Å²) in [6.45, 7) is 1.97. The Bertz CT molecular complexity index is 536. The van der Waals surface area contributed by atoms with Gasteiger partial charge in [-0.05, 0) is 30.4 Å². The van der Waals surface area contributed by atoms with Crippen molar-refractivity contribution in [1.82, 2.24) is 5.32 Å². The number of hydrogen-bond acceptors (Lipinski definition) is 3. The molecule has 2 rings (SSSR count). The first-order chi connectivity index (χ1) is 9.22. The lowest BCUT2D eigenvalue weighted by Gasteiger charge is -2.12. The Morgan fingerprint density at radius 1 is 1.32 bits per heavy atom. The Labute approximate surface area is 116 Å². The van der Waals surface area contributed by atoms with Gasteiger partial charge in [-0.25, -0.2) is 0 Å². The minimum absolute atomic E-state index is 0.0248. The molecule has 2 N–H and O–H groups in total. The fraction of sp³-hybridized carbons (Fsp3) is 0.267. The Hall–Kier alpha value is -1.65. The molecule has 1 aromatic carbocycles. The highest BCUT2D eigenvalue weighted by Crippen LogP contribution is 2.28. The zero-order valence-corrected chi connectivity index (χ0v) is 11.6. The largest absolute Gasteiger partial charge is 0.396 e. The Kier molecular flexibility index (Phi) is 4.71. The number of carbonyl (C=O) groups excluding carboxylic acids is 1. The van der Waals surface area contributed by atoms with E-state index < -0.39 is 0 Å². The number of thiophene rings is 1. The summed E-state index contributed by atoms with van der Waals surface area (Å²) < 4.78 is 0. The molecule has 100 valence electrons. The third-order valence-electron chi connectivity index (χ3n) is 2.90. The molecule has 1 aromatic heterocycles. The Morgan fingerprint density at radius 2 is 2.05 bits per heavy atom. The molecule has 1 heterocycles. The standard InChI is InChI=1S/C15H17NO2S/c1-11(7-9-17)16-15(18)14-13(8-10-19-14)12-5-3-2-4-6-12/h2-6,8,10-11,17H,7,9H2,1H3,(H,16,18). The third-order valence-corrected chi connectivity index (χ3v) is 3.81. The molecule has 0 radical (unpaired) electrons. The van der Waals surface area contributed by atoms with Crippen LogP contribution in [0.5, 0.6) is 0 Å². The summed E-state index contributed by atoms with van der Waals surface area (Å²) >= 11 is 1.44. The van der Waals surface area contributed by atoms with Crippen molar-refractivity contribution in [3.8, 4) is 11.1 Å². The average Bonchev–Trinajstić information content (AvgIpc) is 2.89. The van der Waals surface area contributed by atoms with Gasteiger partial charge in [0, 0.05) is 18.2 Å². The zero-order chi connectivity index (χ0) is 13.7. The molecular formula is C15H17NO2S. The van der Waals surface area contributed by atoms with Crippen LogP contribution in [0, 0.1) is 0 Å². The highest BCUT2D eigenvalue weighted by atomic mass is 32.1. The van der Waals surface area contributed by atoms with Gasteiger partial charge in [-0.1, -0.05) is 30.3 Å². The zero-order valence-electron chi connectivity index (χ0n) is 10.8. The topological polar surface area (TPSA) is 49.3 Å². The molecule has 0 aliphatic carbocycles. The smallest absolute Gasteiger partial charge is 0.262 e. The van der Waals surface area contributed by atoms with Gasteiger partial charge < -0.3 is 10.4 Å². The van der Waals surface area contributed by atoms with Crippen molar-refractivity contribution >= 4 is 17.2 Å². The number of amides is 1. The first-order valence-corrected chi connectivity index (χ1v) is 7.15. The van der Waals surface area contributed by atoms with Crippen molar-refractivity contribution in [1.29, 1.82) is 0 Å². The molecule has 0 spiro atoms. The van der Waals surface area contributed by atoms with Crippen molar-refractivity contribution in [2.45, 2.75) is 19.4 Å². The SMILES string of the molecule is CC(CCO)NC(=O)c1sccc1-c1ccccc1. The highest BCUT2D eigenvalue weighted by molar-refractivity contribution is 7.12. The monoisotopic (exact) mass is 275 g/mol. The summed E-state index contributed by atoms with van der Waals surface area (Å²) in [6.07, 6.45) is 0.567. The van der Waals surface area contributed by atoms with E-state index in [1.165, 1.54) is 11.3 Å². The number of aliphatic hydroxyl groups is 1. The Morgan fingerprint density at radius 3 is 2.74 bits per heavy atom. The molecule has 3 nitrogen and oxygen atoms in total. The van der Waals surface area contributed by atoms with Gasteiger partial charge >= 0.3 is 0 Å².